The zero-order valence-corrected chi connectivity index (χ0v) is 6.54. The molecule has 1 aromatic carbocycles. The Kier molecular flexibility index (Phi) is 2.79. The summed E-state index contributed by atoms with van der Waals surface area (Å²) in [7, 11) is -0.272. The molecule has 0 saturated heterocycles. The maximum atomic E-state index is 9.89. The van der Waals surface area contributed by atoms with Gasteiger partial charge in [0, 0.05) is 0 Å². The van der Waals surface area contributed by atoms with Gasteiger partial charge in [-0.05, 0) is 0 Å². The van der Waals surface area contributed by atoms with Gasteiger partial charge in [-0.3, -0.25) is 0 Å². The van der Waals surface area contributed by atoms with Crippen LogP contribution in [0.5, 0.6) is 5.75 Å². The second kappa shape index (κ2) is 3.87. The Hall–Kier alpha value is -1.17. The fraction of sp³-hybridized carbons (Fsp3) is 0. The van der Waals surface area contributed by atoms with Crippen LogP contribution in [0.1, 0.15) is 0 Å². The fourth-order valence-corrected chi connectivity index (χ4v) is 0.792. The molecule has 3 nitrogen and oxygen atoms in total. The molecule has 0 radical (unpaired) electrons. The molecule has 0 spiro atoms. The zero-order chi connectivity index (χ0) is 8.10. The van der Waals surface area contributed by atoms with Crippen LogP contribution >= 0.6 is 7.92 Å². The first-order valence-corrected chi connectivity index (χ1v) is 3.74. The summed E-state index contributed by atoms with van der Waals surface area (Å²) >= 11 is 0. The van der Waals surface area contributed by atoms with Crippen molar-refractivity contribution in [1.82, 2.24) is 0 Å². The molecule has 2 N–H and O–H groups in total. The number of anilines is 1. The Morgan fingerprint density at radius 1 is 1.55 bits per heavy atom. The Morgan fingerprint density at radius 3 is 3.00 bits per heavy atom. The first-order chi connectivity index (χ1) is 5.33. The number of nitrogen functional groups attached to an aromatic ring is 1. The molecule has 11 heavy (non-hydrogen) atoms. The standard InChI is InChI=1S/C7H6NO2P/c8-6-2-1-3-7(4-6)10-5-11-9/h1-4H,8H2. The van der Waals surface area contributed by atoms with E-state index >= 15 is 0 Å². The van der Waals surface area contributed by atoms with Crippen molar-refractivity contribution in [2.24, 2.45) is 0 Å². The van der Waals surface area contributed by atoms with Crippen LogP contribution in [0.3, 0.4) is 0 Å². The summed E-state index contributed by atoms with van der Waals surface area (Å²) in [6.07, 6.45) is 0. The first kappa shape index (κ1) is 7.93. The number of nitrogens with two attached hydrogens (primary N) is 1. The summed E-state index contributed by atoms with van der Waals surface area (Å²) in [6, 6.07) is 6.81. The second-order valence-electron chi connectivity index (χ2n) is 1.86. The van der Waals surface area contributed by atoms with Gasteiger partial charge in [-0.1, -0.05) is 0 Å². The third kappa shape index (κ3) is 2.50. The van der Waals surface area contributed by atoms with E-state index in [-0.39, 0.29) is 7.92 Å². The van der Waals surface area contributed by atoms with E-state index in [0.717, 1.165) is 0 Å². The van der Waals surface area contributed by atoms with Gasteiger partial charge >= 0.3 is 64.5 Å². The van der Waals surface area contributed by atoms with Gasteiger partial charge in [0.1, 0.15) is 0 Å². The van der Waals surface area contributed by atoms with E-state index in [1.165, 1.54) is 0 Å². The molecule has 0 aliphatic rings. The van der Waals surface area contributed by atoms with Crippen molar-refractivity contribution in [3.8, 4) is 11.6 Å². The molecule has 0 bridgehead atoms. The topological polar surface area (TPSA) is 52.3 Å². The van der Waals surface area contributed by atoms with Gasteiger partial charge < -0.3 is 0 Å². The fourth-order valence-electron chi connectivity index (χ4n) is 0.649. The quantitative estimate of drug-likeness (QED) is 0.513. The minimum atomic E-state index is -0.272. The van der Waals surface area contributed by atoms with Crippen LogP contribution in [0, 0.1) is 5.81 Å². The van der Waals surface area contributed by atoms with Crippen LogP contribution in [0.4, 0.5) is 5.69 Å². The van der Waals surface area contributed by atoms with Crippen molar-refractivity contribution in [1.29, 1.82) is 0 Å². The number of ether oxygens (including phenoxy) is 1. The maximum absolute atomic E-state index is 9.89. The Morgan fingerprint density at radius 2 is 2.36 bits per heavy atom. The molecule has 0 atom stereocenters. The van der Waals surface area contributed by atoms with Crippen LogP contribution in [-0.2, 0) is 4.57 Å². The van der Waals surface area contributed by atoms with Crippen molar-refractivity contribution in [3.63, 3.8) is 0 Å². The van der Waals surface area contributed by atoms with Gasteiger partial charge in [-0.25, -0.2) is 0 Å². The van der Waals surface area contributed by atoms with E-state index in [9.17, 15) is 4.57 Å². The van der Waals surface area contributed by atoms with Crippen LogP contribution in [0.25, 0.3) is 0 Å². The van der Waals surface area contributed by atoms with E-state index in [1.807, 2.05) is 0 Å². The van der Waals surface area contributed by atoms with Gasteiger partial charge in [0.25, 0.3) is 0 Å². The van der Waals surface area contributed by atoms with Crippen LogP contribution in [0.2, 0.25) is 0 Å². The third-order valence-corrected chi connectivity index (χ3v) is 1.22. The van der Waals surface area contributed by atoms with Gasteiger partial charge in [0.15, 0.2) is 0 Å². The molecule has 0 aliphatic heterocycles. The summed E-state index contributed by atoms with van der Waals surface area (Å²) in [5.74, 6) is 2.69. The molecule has 1 aromatic rings. The Bertz CT molecular complexity index is 344. The molecule has 56 valence electrons. The van der Waals surface area contributed by atoms with Crippen molar-refractivity contribution in [3.05, 3.63) is 24.3 Å². The van der Waals surface area contributed by atoms with Crippen LogP contribution < -0.4 is 10.5 Å². The van der Waals surface area contributed by atoms with Crippen molar-refractivity contribution in [2.75, 3.05) is 5.73 Å². The van der Waals surface area contributed by atoms with Crippen molar-refractivity contribution >= 4 is 13.6 Å². The Balaban J connectivity index is 2.84. The monoisotopic (exact) mass is 167 g/mol. The minimum absolute atomic E-state index is 0.272. The van der Waals surface area contributed by atoms with Gasteiger partial charge in [0.05, 0.1) is 0 Å². The van der Waals surface area contributed by atoms with Crippen LogP contribution in [0.15, 0.2) is 24.3 Å². The molecule has 0 aliphatic carbocycles. The number of rotatable bonds is 1. The van der Waals surface area contributed by atoms with E-state index < -0.39 is 0 Å². The Labute approximate surface area is 65.3 Å². The molecular weight excluding hydrogens is 161 g/mol. The second-order valence-corrected chi connectivity index (χ2v) is 2.22. The average molecular weight is 167 g/mol. The van der Waals surface area contributed by atoms with E-state index in [0.29, 0.717) is 11.4 Å². The van der Waals surface area contributed by atoms with Gasteiger partial charge in [0.2, 0.25) is 0 Å². The van der Waals surface area contributed by atoms with Crippen LogP contribution in [-0.4, -0.2) is 0 Å². The number of benzene rings is 1. The zero-order valence-electron chi connectivity index (χ0n) is 5.65. The number of hydrogen-bond acceptors (Lipinski definition) is 3. The summed E-state index contributed by atoms with van der Waals surface area (Å²) in [6.45, 7) is 0. The summed E-state index contributed by atoms with van der Waals surface area (Å²) < 4.78 is 14.7. The average Bonchev–Trinajstić information content (AvgIpc) is 2.01. The van der Waals surface area contributed by atoms with E-state index in [4.69, 9.17) is 10.5 Å². The molecule has 1 rings (SSSR count). The third-order valence-electron chi connectivity index (χ3n) is 1.06. The SMILES string of the molecule is Nc1cccc(OC#P=O)c1. The summed E-state index contributed by atoms with van der Waals surface area (Å²) in [5.41, 5.74) is 6.05. The normalized spacial score (nSPS) is 8.36. The van der Waals surface area contributed by atoms with Crippen molar-refractivity contribution < 1.29 is 9.30 Å². The predicted octanol–water partition coefficient (Wildman–Crippen LogP) is 1.86. The van der Waals surface area contributed by atoms with E-state index in [1.54, 1.807) is 24.3 Å². The molecule has 0 aromatic heterocycles. The predicted molar refractivity (Wildman–Crippen MR) is 43.0 cm³/mol. The molecule has 0 saturated carbocycles. The number of hydrogen-bond donors (Lipinski definition) is 1. The molecule has 0 fully saturated rings. The molecular formula is C7H6NO2P. The summed E-state index contributed by atoms with van der Waals surface area (Å²) in [4.78, 5) is 0. The molecule has 0 amide bonds. The van der Waals surface area contributed by atoms with Gasteiger partial charge in [-0.2, -0.15) is 0 Å². The molecule has 0 heterocycles. The summed E-state index contributed by atoms with van der Waals surface area (Å²) in [5, 5.41) is 0. The molecule has 0 unspecified atom stereocenters. The van der Waals surface area contributed by atoms with E-state index in [2.05, 4.69) is 5.81 Å². The van der Waals surface area contributed by atoms with Gasteiger partial charge in [-0.15, -0.1) is 0 Å². The molecule has 4 heteroatoms. The first-order valence-electron chi connectivity index (χ1n) is 2.92. The van der Waals surface area contributed by atoms with Crippen molar-refractivity contribution in [2.45, 2.75) is 0 Å².